The van der Waals surface area contributed by atoms with Gasteiger partial charge in [0.1, 0.15) is 28.9 Å². The Morgan fingerprint density at radius 3 is 2.19 bits per heavy atom. The second kappa shape index (κ2) is 28.9. The number of rotatable bonds is 32. The highest BCUT2D eigenvalue weighted by atomic mass is 32.2. The van der Waals surface area contributed by atoms with E-state index in [9.17, 15) is 20.1 Å². The van der Waals surface area contributed by atoms with Crippen molar-refractivity contribution in [1.29, 1.82) is 0 Å². The predicted octanol–water partition coefficient (Wildman–Crippen LogP) is 12.0. The van der Waals surface area contributed by atoms with Gasteiger partial charge in [0.25, 0.3) is 0 Å². The molecule has 5 rings (SSSR count). The van der Waals surface area contributed by atoms with Gasteiger partial charge in [0, 0.05) is 42.6 Å². The Labute approximate surface area is 412 Å². The number of benzene rings is 2. The molecule has 0 spiro atoms. The standard InChI is InChI=1S/C55H84N2O10S/c1-7-9-10-11-12-13-14-15-16-21-35-63-53(61)57(30-36-62-37-33-60)50-40-48(56-67-54(3,4)5)46-38-41(22-17-19-31-58)45(23-18-20-32-59)51-47-39-43(65-42-24-27-44(68-6)28-25-42)26-29-49(47)66-55(50,52(46)51)64-34-8-2/h8,24-29,38-39,41,45,50-52,58-60H,2,7,9-23,30-37,40H2,1,3-6H3. The summed E-state index contributed by atoms with van der Waals surface area (Å²) in [6, 6.07) is 13.3. The lowest BCUT2D eigenvalue weighted by Crippen LogP contribution is -2.70. The molecule has 0 saturated heterocycles. The molecule has 3 aliphatic rings. The van der Waals surface area contributed by atoms with Gasteiger partial charge in [-0.25, -0.2) is 4.79 Å². The lowest BCUT2D eigenvalue weighted by molar-refractivity contribution is -0.256. The molecule has 380 valence electrons. The second-order valence-corrected chi connectivity index (χ2v) is 20.5. The van der Waals surface area contributed by atoms with E-state index in [2.05, 4.69) is 25.6 Å². The summed E-state index contributed by atoms with van der Waals surface area (Å²) >= 11 is 1.68. The van der Waals surface area contributed by atoms with Crippen LogP contribution in [-0.2, 0) is 19.0 Å². The summed E-state index contributed by atoms with van der Waals surface area (Å²) in [6.07, 6.45) is 22.1. The first-order valence-electron chi connectivity index (χ1n) is 25.7. The molecule has 3 N–H and O–H groups in total. The van der Waals surface area contributed by atoms with E-state index in [0.717, 1.165) is 66.7 Å². The Balaban J connectivity index is 1.62. The largest absolute Gasteiger partial charge is 0.459 e. The van der Waals surface area contributed by atoms with Crippen molar-refractivity contribution in [1.82, 2.24) is 4.90 Å². The number of aliphatic hydroxyl groups is 3. The van der Waals surface area contributed by atoms with Crippen molar-refractivity contribution in [2.45, 2.75) is 165 Å². The van der Waals surface area contributed by atoms with Crippen LogP contribution in [0, 0.1) is 17.8 Å². The van der Waals surface area contributed by atoms with E-state index in [-0.39, 0.29) is 77.0 Å². The first-order chi connectivity index (χ1) is 33.0. The molecule has 1 amide bonds. The molecule has 2 aliphatic carbocycles. The summed E-state index contributed by atoms with van der Waals surface area (Å²) in [6.45, 7) is 13.1. The Morgan fingerprint density at radius 2 is 1.54 bits per heavy atom. The maximum absolute atomic E-state index is 14.8. The van der Waals surface area contributed by atoms with E-state index in [4.69, 9.17) is 33.7 Å². The third-order valence-electron chi connectivity index (χ3n) is 13.4. The molecule has 12 nitrogen and oxygen atoms in total. The number of carbonyl (C=O) groups excluding carboxylic acids is 1. The predicted molar refractivity (Wildman–Crippen MR) is 272 cm³/mol. The Bertz CT molecular complexity index is 1870. The molecule has 0 radical (unpaired) electrons. The summed E-state index contributed by atoms with van der Waals surface area (Å²) < 4.78 is 33.1. The van der Waals surface area contributed by atoms with Crippen molar-refractivity contribution in [3.05, 3.63) is 72.3 Å². The van der Waals surface area contributed by atoms with Gasteiger partial charge in [-0.3, -0.25) is 4.90 Å². The maximum atomic E-state index is 14.8. The first-order valence-corrected chi connectivity index (χ1v) is 27.0. The first kappa shape index (κ1) is 55.3. The number of hydrogen-bond acceptors (Lipinski definition) is 12. The topological polar surface area (TPSA) is 149 Å². The van der Waals surface area contributed by atoms with Gasteiger partial charge in [-0.2, -0.15) is 0 Å². The quantitative estimate of drug-likeness (QED) is 0.0278. The fraction of sp³-hybridized carbons (Fsp3) is 0.673. The molecule has 0 bridgehead atoms. The fourth-order valence-electron chi connectivity index (χ4n) is 10.2. The Hall–Kier alpha value is -3.59. The van der Waals surface area contributed by atoms with Crippen LogP contribution in [0.2, 0.25) is 0 Å². The third-order valence-corrected chi connectivity index (χ3v) is 14.2. The zero-order valence-electron chi connectivity index (χ0n) is 42.0. The van der Waals surface area contributed by atoms with Crippen LogP contribution in [0.4, 0.5) is 4.79 Å². The summed E-state index contributed by atoms with van der Waals surface area (Å²) in [5.74, 6) is -0.0161. The van der Waals surface area contributed by atoms with Crippen LogP contribution in [0.1, 0.15) is 148 Å². The minimum atomic E-state index is -1.45. The van der Waals surface area contributed by atoms with Gasteiger partial charge in [-0.1, -0.05) is 94.9 Å². The average Bonchev–Trinajstić information content (AvgIpc) is 3.33. The summed E-state index contributed by atoms with van der Waals surface area (Å²) in [4.78, 5) is 23.9. The average molecular weight is 965 g/mol. The number of aliphatic hydroxyl groups excluding tert-OH is 3. The molecule has 1 fully saturated rings. The number of unbranched alkanes of at least 4 members (excludes halogenated alkanes) is 11. The van der Waals surface area contributed by atoms with E-state index >= 15 is 0 Å². The van der Waals surface area contributed by atoms with Crippen molar-refractivity contribution in [3.8, 4) is 17.2 Å². The normalized spacial score (nSPS) is 22.4. The van der Waals surface area contributed by atoms with E-state index in [0.29, 0.717) is 30.1 Å². The number of nitrogens with zero attached hydrogens (tertiary/aromatic N) is 2. The van der Waals surface area contributed by atoms with Crippen LogP contribution in [0.15, 0.2) is 76.8 Å². The molecule has 13 heteroatoms. The molecule has 0 aromatic heterocycles. The number of ether oxygens (including phenoxy) is 5. The molecule has 1 heterocycles. The van der Waals surface area contributed by atoms with Gasteiger partial charge < -0.3 is 43.8 Å². The molecule has 6 unspecified atom stereocenters. The molecular formula is C55H84N2O10S. The highest BCUT2D eigenvalue weighted by Gasteiger charge is 2.65. The van der Waals surface area contributed by atoms with Crippen molar-refractivity contribution >= 4 is 23.6 Å². The van der Waals surface area contributed by atoms with Crippen LogP contribution >= 0.6 is 11.8 Å². The van der Waals surface area contributed by atoms with E-state index in [1.807, 2.05) is 63.4 Å². The molecule has 1 saturated carbocycles. The van der Waals surface area contributed by atoms with Gasteiger partial charge in [-0.05, 0) is 119 Å². The van der Waals surface area contributed by atoms with Crippen LogP contribution in [0.25, 0.3) is 0 Å². The van der Waals surface area contributed by atoms with Crippen molar-refractivity contribution < 1.29 is 48.6 Å². The number of amides is 1. The van der Waals surface area contributed by atoms with Gasteiger partial charge in [0.15, 0.2) is 0 Å². The van der Waals surface area contributed by atoms with Gasteiger partial charge in [-0.15, -0.1) is 18.3 Å². The zero-order chi connectivity index (χ0) is 48.8. The summed E-state index contributed by atoms with van der Waals surface area (Å²) in [7, 11) is 0. The van der Waals surface area contributed by atoms with Gasteiger partial charge in [0.2, 0.25) is 5.79 Å². The summed E-state index contributed by atoms with van der Waals surface area (Å²) in [5.41, 5.74) is 2.01. The Kier molecular flexibility index (Phi) is 23.5. The lowest BCUT2D eigenvalue weighted by atomic mass is 9.55. The Morgan fingerprint density at radius 1 is 0.868 bits per heavy atom. The molecular weight excluding hydrogens is 881 g/mol. The number of carbonyl (C=O) groups is 1. The maximum Gasteiger partial charge on any atom is 0.410 e. The van der Waals surface area contributed by atoms with Crippen LogP contribution in [0.5, 0.6) is 17.2 Å². The van der Waals surface area contributed by atoms with E-state index in [1.165, 1.54) is 44.9 Å². The van der Waals surface area contributed by atoms with Crippen LogP contribution < -0.4 is 9.47 Å². The van der Waals surface area contributed by atoms with E-state index < -0.39 is 29.4 Å². The van der Waals surface area contributed by atoms with Crippen molar-refractivity contribution in [2.75, 3.05) is 59.0 Å². The minimum Gasteiger partial charge on any atom is -0.459 e. The zero-order valence-corrected chi connectivity index (χ0v) is 42.8. The van der Waals surface area contributed by atoms with Crippen molar-refractivity contribution in [2.24, 2.45) is 22.9 Å². The summed E-state index contributed by atoms with van der Waals surface area (Å²) in [5, 5.41) is 34.6. The lowest BCUT2D eigenvalue weighted by Gasteiger charge is -2.60. The molecule has 1 aliphatic heterocycles. The highest BCUT2D eigenvalue weighted by molar-refractivity contribution is 7.98. The van der Waals surface area contributed by atoms with Gasteiger partial charge >= 0.3 is 6.09 Å². The van der Waals surface area contributed by atoms with Crippen LogP contribution in [-0.4, -0.2) is 109 Å². The van der Waals surface area contributed by atoms with Gasteiger partial charge in [0.05, 0.1) is 44.7 Å². The smallest absolute Gasteiger partial charge is 0.410 e. The highest BCUT2D eigenvalue weighted by Crippen LogP contribution is 2.62. The molecule has 6 atom stereocenters. The molecule has 2 aromatic carbocycles. The number of hydrogen-bond donors (Lipinski definition) is 3. The third kappa shape index (κ3) is 15.7. The number of oxime groups is 1. The van der Waals surface area contributed by atoms with E-state index in [1.54, 1.807) is 22.7 Å². The SMILES string of the molecule is C=CCOC12Oc3ccc(Oc4ccc(SC)cc4)cc3C3C(CCCCO)C(CCCCO)C=C(C(=NOC(C)(C)C)CC1N(CCOCCO)C(=O)OCCCCCCCCCCCC)C32. The van der Waals surface area contributed by atoms with Crippen molar-refractivity contribution in [3.63, 3.8) is 0 Å². The monoisotopic (exact) mass is 965 g/mol. The molecule has 68 heavy (non-hydrogen) atoms. The minimum absolute atomic E-state index is 0.0487. The number of thioether (sulfide) groups is 1. The number of fused-ring (bicyclic) bond motifs is 2. The van der Waals surface area contributed by atoms with Crippen LogP contribution in [0.3, 0.4) is 0 Å². The fourth-order valence-corrected chi connectivity index (χ4v) is 10.6. The molecule has 2 aromatic rings. The number of allylic oxidation sites excluding steroid dienone is 1. The second-order valence-electron chi connectivity index (χ2n) is 19.6.